The first kappa shape index (κ1) is 9.74. The minimum atomic E-state index is 0.442. The monoisotopic (exact) mass is 271 g/mol. The molecule has 0 bridgehead atoms. The third-order valence-corrected chi connectivity index (χ3v) is 3.34. The summed E-state index contributed by atoms with van der Waals surface area (Å²) in [7, 11) is 1.55. The second kappa shape index (κ2) is 3.75. The van der Waals surface area contributed by atoms with Crippen molar-refractivity contribution >= 4 is 38.4 Å². The van der Waals surface area contributed by atoms with Gasteiger partial charge < -0.3 is 4.74 Å². The van der Waals surface area contributed by atoms with E-state index >= 15 is 0 Å². The van der Waals surface area contributed by atoms with E-state index in [1.165, 1.54) is 0 Å². The molecule has 1 aromatic heterocycles. The van der Waals surface area contributed by atoms with E-state index in [1.807, 2.05) is 24.3 Å². The first-order valence-electron chi connectivity index (χ1n) is 4.01. The van der Waals surface area contributed by atoms with Gasteiger partial charge in [0.05, 0.1) is 17.1 Å². The Kier molecular flexibility index (Phi) is 2.61. The van der Waals surface area contributed by atoms with Crippen LogP contribution in [0.2, 0.25) is 5.02 Å². The molecule has 0 atom stereocenters. The number of hydrogen-bond acceptors (Lipinski definition) is 2. The largest absolute Gasteiger partial charge is 0.480 e. The van der Waals surface area contributed by atoms with Gasteiger partial charge in [0.1, 0.15) is 5.02 Å². The van der Waals surface area contributed by atoms with E-state index in [0.29, 0.717) is 10.9 Å². The lowest BCUT2D eigenvalue weighted by Gasteiger charge is -2.06. The van der Waals surface area contributed by atoms with E-state index in [4.69, 9.17) is 16.3 Å². The van der Waals surface area contributed by atoms with Crippen LogP contribution in [0.3, 0.4) is 0 Å². The van der Waals surface area contributed by atoms with Crippen molar-refractivity contribution in [3.63, 3.8) is 0 Å². The maximum Gasteiger partial charge on any atom is 0.234 e. The van der Waals surface area contributed by atoms with Gasteiger partial charge in [-0.05, 0) is 22.0 Å². The molecule has 0 aliphatic carbocycles. The summed E-state index contributed by atoms with van der Waals surface area (Å²) >= 11 is 9.46. The summed E-state index contributed by atoms with van der Waals surface area (Å²) in [5.41, 5.74) is 0.862. The zero-order valence-electron chi connectivity index (χ0n) is 7.42. The van der Waals surface area contributed by atoms with Crippen LogP contribution in [0.5, 0.6) is 5.88 Å². The van der Waals surface area contributed by atoms with Crippen LogP contribution in [0.1, 0.15) is 0 Å². The molecule has 2 rings (SSSR count). The standard InChI is InChI=1S/C10H7BrClNO/c1-14-10-9(12)8(11)6-4-2-3-5-7(6)13-10/h2-5H,1H3. The van der Waals surface area contributed by atoms with Crippen LogP contribution in [-0.2, 0) is 0 Å². The van der Waals surface area contributed by atoms with E-state index in [0.717, 1.165) is 15.4 Å². The number of hydrogen-bond donors (Lipinski definition) is 0. The molecular formula is C10H7BrClNO. The summed E-state index contributed by atoms with van der Waals surface area (Å²) in [5.74, 6) is 0.442. The summed E-state index contributed by atoms with van der Waals surface area (Å²) < 4.78 is 5.88. The SMILES string of the molecule is COc1nc2ccccc2c(Br)c1Cl. The third-order valence-electron chi connectivity index (χ3n) is 1.94. The fourth-order valence-electron chi connectivity index (χ4n) is 1.26. The number of nitrogens with zero attached hydrogens (tertiary/aromatic N) is 1. The number of fused-ring (bicyclic) bond motifs is 1. The number of benzene rings is 1. The minimum absolute atomic E-state index is 0.442. The Labute approximate surface area is 95.0 Å². The Morgan fingerprint density at radius 1 is 1.36 bits per heavy atom. The highest BCUT2D eigenvalue weighted by Crippen LogP contribution is 2.35. The van der Waals surface area contributed by atoms with Crippen molar-refractivity contribution in [2.45, 2.75) is 0 Å². The molecule has 0 spiro atoms. The Hall–Kier alpha value is -0.800. The highest BCUT2D eigenvalue weighted by atomic mass is 79.9. The Morgan fingerprint density at radius 2 is 2.07 bits per heavy atom. The molecule has 0 aliphatic heterocycles. The molecule has 0 aliphatic rings. The molecule has 2 nitrogen and oxygen atoms in total. The van der Waals surface area contributed by atoms with Crippen LogP contribution in [0.15, 0.2) is 28.7 Å². The quantitative estimate of drug-likeness (QED) is 0.790. The normalized spacial score (nSPS) is 10.5. The predicted molar refractivity (Wildman–Crippen MR) is 61.0 cm³/mol. The maximum absolute atomic E-state index is 6.04. The molecule has 0 radical (unpaired) electrons. The van der Waals surface area contributed by atoms with Gasteiger partial charge in [-0.15, -0.1) is 0 Å². The molecule has 0 saturated carbocycles. The van der Waals surface area contributed by atoms with Gasteiger partial charge >= 0.3 is 0 Å². The smallest absolute Gasteiger partial charge is 0.234 e. The van der Waals surface area contributed by atoms with Gasteiger partial charge in [-0.25, -0.2) is 4.98 Å². The molecule has 0 amide bonds. The summed E-state index contributed by atoms with van der Waals surface area (Å²) in [4.78, 5) is 4.27. The number of ether oxygens (including phenoxy) is 1. The lowest BCUT2D eigenvalue weighted by Crippen LogP contribution is -1.90. The third kappa shape index (κ3) is 1.47. The van der Waals surface area contributed by atoms with E-state index in [1.54, 1.807) is 7.11 Å². The Balaban J connectivity index is 2.85. The molecule has 1 aromatic carbocycles. The first-order valence-corrected chi connectivity index (χ1v) is 5.19. The van der Waals surface area contributed by atoms with Gasteiger partial charge in [0.25, 0.3) is 0 Å². The highest BCUT2D eigenvalue weighted by molar-refractivity contribution is 9.10. The van der Waals surface area contributed by atoms with Gasteiger partial charge in [-0.2, -0.15) is 0 Å². The van der Waals surface area contributed by atoms with Crippen molar-refractivity contribution in [1.82, 2.24) is 4.98 Å². The Morgan fingerprint density at radius 3 is 2.79 bits per heavy atom. The van der Waals surface area contributed by atoms with Crippen LogP contribution in [0.4, 0.5) is 0 Å². The van der Waals surface area contributed by atoms with Gasteiger partial charge in [-0.1, -0.05) is 29.8 Å². The lowest BCUT2D eigenvalue weighted by molar-refractivity contribution is 0.399. The highest BCUT2D eigenvalue weighted by Gasteiger charge is 2.10. The van der Waals surface area contributed by atoms with Gasteiger partial charge in [0.2, 0.25) is 5.88 Å². The van der Waals surface area contributed by atoms with Gasteiger partial charge in [0, 0.05) is 5.39 Å². The topological polar surface area (TPSA) is 22.1 Å². The molecule has 0 saturated heterocycles. The molecule has 0 unspecified atom stereocenters. The van der Waals surface area contributed by atoms with E-state index < -0.39 is 0 Å². The molecule has 14 heavy (non-hydrogen) atoms. The van der Waals surface area contributed by atoms with Crippen molar-refractivity contribution in [1.29, 1.82) is 0 Å². The van der Waals surface area contributed by atoms with Crippen LogP contribution in [0.25, 0.3) is 10.9 Å². The number of rotatable bonds is 1. The fourth-order valence-corrected chi connectivity index (χ4v) is 1.99. The maximum atomic E-state index is 6.04. The van der Waals surface area contributed by atoms with Crippen molar-refractivity contribution in [2.75, 3.05) is 7.11 Å². The number of methoxy groups -OCH3 is 1. The number of aromatic nitrogens is 1. The zero-order valence-corrected chi connectivity index (χ0v) is 9.76. The van der Waals surface area contributed by atoms with Gasteiger partial charge in [0.15, 0.2) is 0 Å². The summed E-state index contributed by atoms with van der Waals surface area (Å²) in [6.07, 6.45) is 0. The first-order chi connectivity index (χ1) is 6.74. The number of pyridine rings is 1. The van der Waals surface area contributed by atoms with Crippen molar-refractivity contribution in [3.8, 4) is 5.88 Å². The van der Waals surface area contributed by atoms with Gasteiger partial charge in [-0.3, -0.25) is 0 Å². The van der Waals surface area contributed by atoms with Crippen molar-refractivity contribution in [2.24, 2.45) is 0 Å². The Bertz CT molecular complexity index is 487. The molecule has 72 valence electrons. The molecular weight excluding hydrogens is 265 g/mol. The molecule has 2 aromatic rings. The van der Waals surface area contributed by atoms with E-state index in [-0.39, 0.29) is 0 Å². The minimum Gasteiger partial charge on any atom is -0.480 e. The summed E-state index contributed by atoms with van der Waals surface area (Å²) in [6, 6.07) is 7.74. The number of para-hydroxylation sites is 1. The predicted octanol–water partition coefficient (Wildman–Crippen LogP) is 3.66. The lowest BCUT2D eigenvalue weighted by atomic mass is 10.2. The molecule has 4 heteroatoms. The second-order valence-electron chi connectivity index (χ2n) is 2.77. The molecule has 0 N–H and O–H groups in total. The van der Waals surface area contributed by atoms with Crippen LogP contribution in [-0.4, -0.2) is 12.1 Å². The summed E-state index contributed by atoms with van der Waals surface area (Å²) in [6.45, 7) is 0. The fraction of sp³-hybridized carbons (Fsp3) is 0.100. The van der Waals surface area contributed by atoms with E-state index in [9.17, 15) is 0 Å². The molecule has 0 fully saturated rings. The average Bonchev–Trinajstić information content (AvgIpc) is 2.23. The average molecular weight is 273 g/mol. The molecule has 1 heterocycles. The van der Waals surface area contributed by atoms with Crippen molar-refractivity contribution < 1.29 is 4.74 Å². The van der Waals surface area contributed by atoms with Crippen LogP contribution in [0, 0.1) is 0 Å². The second-order valence-corrected chi connectivity index (χ2v) is 3.94. The number of halogens is 2. The summed E-state index contributed by atoms with van der Waals surface area (Å²) in [5, 5.41) is 1.49. The zero-order chi connectivity index (χ0) is 10.1. The van der Waals surface area contributed by atoms with E-state index in [2.05, 4.69) is 20.9 Å². The van der Waals surface area contributed by atoms with Crippen LogP contribution >= 0.6 is 27.5 Å². The van der Waals surface area contributed by atoms with Crippen molar-refractivity contribution in [3.05, 3.63) is 33.8 Å². The van der Waals surface area contributed by atoms with Crippen LogP contribution < -0.4 is 4.74 Å².